The van der Waals surface area contributed by atoms with E-state index in [4.69, 9.17) is 9.47 Å². The maximum absolute atomic E-state index is 10.7. The average Bonchev–Trinajstić information content (AvgIpc) is 2.45. The van der Waals surface area contributed by atoms with Gasteiger partial charge < -0.3 is 14.6 Å². The molecule has 0 heterocycles. The Kier molecular flexibility index (Phi) is 6.32. The fourth-order valence-electron chi connectivity index (χ4n) is 2.45. The molecule has 1 aromatic rings. The van der Waals surface area contributed by atoms with Crippen molar-refractivity contribution < 1.29 is 14.6 Å². The van der Waals surface area contributed by atoms with Gasteiger partial charge in [0.2, 0.25) is 0 Å². The fourth-order valence-corrected chi connectivity index (χ4v) is 2.45. The predicted octanol–water partition coefficient (Wildman–Crippen LogP) is 3.71. The van der Waals surface area contributed by atoms with E-state index in [9.17, 15) is 5.11 Å². The highest BCUT2D eigenvalue weighted by Gasteiger charge is 2.36. The second-order valence-corrected chi connectivity index (χ2v) is 4.61. The number of aliphatic hydroxyl groups excluding tert-OH is 1. The van der Waals surface area contributed by atoms with E-state index in [-0.39, 0.29) is 0 Å². The molecule has 0 fully saturated rings. The van der Waals surface area contributed by atoms with Crippen LogP contribution in [0.15, 0.2) is 24.3 Å². The van der Waals surface area contributed by atoms with Gasteiger partial charge in [0.25, 0.3) is 0 Å². The maximum atomic E-state index is 10.7. The molecule has 1 rings (SSSR count). The molecule has 19 heavy (non-hydrogen) atoms. The predicted molar refractivity (Wildman–Crippen MR) is 77.5 cm³/mol. The molecule has 0 aliphatic carbocycles. The Morgan fingerprint density at radius 3 is 2.32 bits per heavy atom. The quantitative estimate of drug-likeness (QED) is 0.779. The average molecular weight is 266 g/mol. The highest BCUT2D eigenvalue weighted by Crippen LogP contribution is 2.36. The molecule has 1 aromatic carbocycles. The Balaban J connectivity index is 3.01. The Hall–Kier alpha value is -1.06. The summed E-state index contributed by atoms with van der Waals surface area (Å²) in [5, 5.41) is 10.7. The summed E-state index contributed by atoms with van der Waals surface area (Å²) in [4.78, 5) is 0. The summed E-state index contributed by atoms with van der Waals surface area (Å²) >= 11 is 0. The van der Waals surface area contributed by atoms with E-state index in [1.165, 1.54) is 0 Å². The molecule has 3 heteroatoms. The van der Waals surface area contributed by atoms with Crippen LogP contribution >= 0.6 is 0 Å². The zero-order valence-corrected chi connectivity index (χ0v) is 12.5. The second kappa shape index (κ2) is 7.51. The van der Waals surface area contributed by atoms with Gasteiger partial charge in [-0.05, 0) is 44.4 Å². The SMILES string of the molecule is CCOc1cccc(C(O)C(CC)(CC)OCC)c1. The summed E-state index contributed by atoms with van der Waals surface area (Å²) in [5.74, 6) is 0.789. The van der Waals surface area contributed by atoms with E-state index < -0.39 is 11.7 Å². The monoisotopic (exact) mass is 266 g/mol. The number of hydrogen-bond donors (Lipinski definition) is 1. The van der Waals surface area contributed by atoms with Crippen molar-refractivity contribution in [3.63, 3.8) is 0 Å². The lowest BCUT2D eigenvalue weighted by atomic mass is 9.86. The molecule has 0 radical (unpaired) electrons. The molecule has 0 bridgehead atoms. The van der Waals surface area contributed by atoms with Gasteiger partial charge in [-0.2, -0.15) is 0 Å². The van der Waals surface area contributed by atoms with Crippen molar-refractivity contribution in [1.82, 2.24) is 0 Å². The largest absolute Gasteiger partial charge is 0.494 e. The van der Waals surface area contributed by atoms with E-state index >= 15 is 0 Å². The van der Waals surface area contributed by atoms with Crippen LogP contribution in [0.3, 0.4) is 0 Å². The van der Waals surface area contributed by atoms with Gasteiger partial charge in [-0.1, -0.05) is 26.0 Å². The zero-order valence-electron chi connectivity index (χ0n) is 12.5. The van der Waals surface area contributed by atoms with E-state index in [1.807, 2.05) is 38.1 Å². The molecule has 108 valence electrons. The minimum atomic E-state index is -0.636. The van der Waals surface area contributed by atoms with Crippen molar-refractivity contribution in [3.05, 3.63) is 29.8 Å². The van der Waals surface area contributed by atoms with Crippen molar-refractivity contribution in [2.24, 2.45) is 0 Å². The van der Waals surface area contributed by atoms with Gasteiger partial charge >= 0.3 is 0 Å². The molecule has 1 atom stereocenters. The van der Waals surface area contributed by atoms with Crippen LogP contribution in [0, 0.1) is 0 Å². The smallest absolute Gasteiger partial charge is 0.119 e. The fraction of sp³-hybridized carbons (Fsp3) is 0.625. The molecule has 0 saturated heterocycles. The van der Waals surface area contributed by atoms with Gasteiger partial charge in [0, 0.05) is 6.61 Å². The van der Waals surface area contributed by atoms with Crippen molar-refractivity contribution >= 4 is 0 Å². The zero-order chi connectivity index (χ0) is 14.3. The first kappa shape index (κ1) is 16.0. The third kappa shape index (κ3) is 3.71. The molecular formula is C16H26O3. The van der Waals surface area contributed by atoms with Crippen molar-refractivity contribution in [3.8, 4) is 5.75 Å². The van der Waals surface area contributed by atoms with Crippen LogP contribution in [-0.2, 0) is 4.74 Å². The number of hydrogen-bond acceptors (Lipinski definition) is 3. The number of rotatable bonds is 8. The summed E-state index contributed by atoms with van der Waals surface area (Å²) in [6, 6.07) is 7.63. The van der Waals surface area contributed by atoms with Crippen LogP contribution in [0.1, 0.15) is 52.2 Å². The van der Waals surface area contributed by atoms with Crippen LogP contribution in [0.4, 0.5) is 0 Å². The van der Waals surface area contributed by atoms with Crippen LogP contribution < -0.4 is 4.74 Å². The Morgan fingerprint density at radius 2 is 1.79 bits per heavy atom. The van der Waals surface area contributed by atoms with Gasteiger partial charge in [0.1, 0.15) is 11.9 Å². The number of benzene rings is 1. The lowest BCUT2D eigenvalue weighted by Crippen LogP contribution is -2.38. The van der Waals surface area contributed by atoms with Crippen LogP contribution in [0.25, 0.3) is 0 Å². The molecule has 0 amide bonds. The third-order valence-electron chi connectivity index (χ3n) is 3.61. The normalized spacial score (nSPS) is 13.3. The Bertz CT molecular complexity index is 372. The Morgan fingerprint density at radius 1 is 1.11 bits per heavy atom. The van der Waals surface area contributed by atoms with Crippen molar-refractivity contribution in [1.29, 1.82) is 0 Å². The standard InChI is InChI=1S/C16H26O3/c1-5-16(6-2,19-8-4)15(17)13-10-9-11-14(12-13)18-7-3/h9-12,15,17H,5-8H2,1-4H3. The minimum absolute atomic E-state index is 0.514. The molecule has 0 spiro atoms. The van der Waals surface area contributed by atoms with E-state index in [0.717, 1.165) is 24.2 Å². The molecule has 0 aliphatic heterocycles. The van der Waals surface area contributed by atoms with Gasteiger partial charge in [-0.25, -0.2) is 0 Å². The lowest BCUT2D eigenvalue weighted by molar-refractivity contribution is -0.127. The highest BCUT2D eigenvalue weighted by atomic mass is 16.5. The molecular weight excluding hydrogens is 240 g/mol. The van der Waals surface area contributed by atoms with Crippen LogP contribution in [-0.4, -0.2) is 23.9 Å². The first-order valence-corrected chi connectivity index (χ1v) is 7.18. The van der Waals surface area contributed by atoms with Gasteiger partial charge in [0.15, 0.2) is 0 Å². The first-order chi connectivity index (χ1) is 9.13. The van der Waals surface area contributed by atoms with Crippen molar-refractivity contribution in [2.45, 2.75) is 52.2 Å². The lowest BCUT2D eigenvalue weighted by Gasteiger charge is -2.36. The molecule has 0 saturated carbocycles. The third-order valence-corrected chi connectivity index (χ3v) is 3.61. The van der Waals surface area contributed by atoms with Crippen molar-refractivity contribution in [2.75, 3.05) is 13.2 Å². The Labute approximate surface area is 116 Å². The highest BCUT2D eigenvalue weighted by molar-refractivity contribution is 5.31. The summed E-state index contributed by atoms with van der Waals surface area (Å²) in [5.41, 5.74) is 0.336. The van der Waals surface area contributed by atoms with Gasteiger partial charge in [0.05, 0.1) is 12.2 Å². The molecule has 1 unspecified atom stereocenters. The van der Waals surface area contributed by atoms with Crippen LogP contribution in [0.2, 0.25) is 0 Å². The van der Waals surface area contributed by atoms with E-state index in [0.29, 0.717) is 13.2 Å². The van der Waals surface area contributed by atoms with E-state index in [1.54, 1.807) is 0 Å². The summed E-state index contributed by atoms with van der Waals surface area (Å²) in [6.07, 6.45) is 0.914. The molecule has 0 aromatic heterocycles. The second-order valence-electron chi connectivity index (χ2n) is 4.61. The summed E-state index contributed by atoms with van der Waals surface area (Å²) < 4.78 is 11.3. The van der Waals surface area contributed by atoms with Gasteiger partial charge in [-0.15, -0.1) is 0 Å². The minimum Gasteiger partial charge on any atom is -0.494 e. The number of ether oxygens (including phenoxy) is 2. The summed E-state index contributed by atoms with van der Waals surface area (Å²) in [6.45, 7) is 9.24. The van der Waals surface area contributed by atoms with Crippen LogP contribution in [0.5, 0.6) is 5.75 Å². The molecule has 1 N–H and O–H groups in total. The topological polar surface area (TPSA) is 38.7 Å². The van der Waals surface area contributed by atoms with E-state index in [2.05, 4.69) is 13.8 Å². The maximum Gasteiger partial charge on any atom is 0.119 e. The summed E-state index contributed by atoms with van der Waals surface area (Å²) in [7, 11) is 0. The van der Waals surface area contributed by atoms with Gasteiger partial charge in [-0.3, -0.25) is 0 Å². The first-order valence-electron chi connectivity index (χ1n) is 7.18. The molecule has 0 aliphatic rings. The number of aliphatic hydroxyl groups is 1. The molecule has 3 nitrogen and oxygen atoms in total.